The normalized spacial score (nSPS) is 17.0. The molecule has 0 radical (unpaired) electrons. The van der Waals surface area contributed by atoms with E-state index < -0.39 is 0 Å². The van der Waals surface area contributed by atoms with Gasteiger partial charge in [-0.2, -0.15) is 0 Å². The van der Waals surface area contributed by atoms with Gasteiger partial charge in [-0.25, -0.2) is 0 Å². The Hall–Kier alpha value is -0.260. The Kier molecular flexibility index (Phi) is 6.36. The summed E-state index contributed by atoms with van der Waals surface area (Å²) in [4.78, 5) is 0. The van der Waals surface area contributed by atoms with Crippen LogP contribution in [0.15, 0.2) is 12.2 Å². The molecule has 1 unspecified atom stereocenters. The quantitative estimate of drug-likeness (QED) is 0.477. The van der Waals surface area contributed by atoms with Crippen molar-refractivity contribution in [1.29, 1.82) is 0 Å². The van der Waals surface area contributed by atoms with Crippen LogP contribution in [0.3, 0.4) is 0 Å². The van der Waals surface area contributed by atoms with E-state index in [1.165, 1.54) is 25.7 Å². The second-order valence-electron chi connectivity index (χ2n) is 6.31. The molecular formula is C16H32. The van der Waals surface area contributed by atoms with Crippen LogP contribution in [0.1, 0.15) is 74.1 Å². The second kappa shape index (κ2) is 6.47. The minimum Gasteiger partial charge on any atom is -0.0854 e. The molecule has 0 rings (SSSR count). The van der Waals surface area contributed by atoms with Crippen molar-refractivity contribution in [2.75, 3.05) is 0 Å². The van der Waals surface area contributed by atoms with Gasteiger partial charge in [0, 0.05) is 0 Å². The molecule has 0 aliphatic rings. The summed E-state index contributed by atoms with van der Waals surface area (Å²) in [6.07, 6.45) is 9.96. The fourth-order valence-corrected chi connectivity index (χ4v) is 2.20. The predicted molar refractivity (Wildman–Crippen MR) is 75.7 cm³/mol. The van der Waals surface area contributed by atoms with E-state index in [9.17, 15) is 0 Å². The summed E-state index contributed by atoms with van der Waals surface area (Å²) < 4.78 is 0. The summed E-state index contributed by atoms with van der Waals surface area (Å²) in [5.74, 6) is 0.667. The highest BCUT2D eigenvalue weighted by atomic mass is 14.3. The van der Waals surface area contributed by atoms with Crippen LogP contribution >= 0.6 is 0 Å². The van der Waals surface area contributed by atoms with Crippen molar-refractivity contribution < 1.29 is 0 Å². The molecule has 16 heavy (non-hydrogen) atoms. The van der Waals surface area contributed by atoms with Gasteiger partial charge in [0.25, 0.3) is 0 Å². The van der Waals surface area contributed by atoms with Gasteiger partial charge in [-0.3, -0.25) is 0 Å². The summed E-state index contributed by atoms with van der Waals surface area (Å²) in [5, 5.41) is 0. The molecule has 0 N–H and O–H groups in total. The van der Waals surface area contributed by atoms with Crippen molar-refractivity contribution >= 4 is 0 Å². The van der Waals surface area contributed by atoms with Crippen molar-refractivity contribution in [3.8, 4) is 0 Å². The zero-order valence-electron chi connectivity index (χ0n) is 12.6. The van der Waals surface area contributed by atoms with Crippen LogP contribution in [-0.4, -0.2) is 0 Å². The van der Waals surface area contributed by atoms with Crippen molar-refractivity contribution in [2.45, 2.75) is 74.1 Å². The van der Waals surface area contributed by atoms with Crippen LogP contribution in [-0.2, 0) is 0 Å². The summed E-state index contributed by atoms with van der Waals surface area (Å²) in [5.41, 5.74) is 0.886. The molecular weight excluding hydrogens is 192 g/mol. The molecule has 0 heterocycles. The third-order valence-electron chi connectivity index (χ3n) is 4.23. The van der Waals surface area contributed by atoms with Crippen LogP contribution < -0.4 is 0 Å². The summed E-state index contributed by atoms with van der Waals surface area (Å²) in [6.45, 7) is 16.3. The van der Waals surface area contributed by atoms with Gasteiger partial charge < -0.3 is 0 Å². The molecule has 96 valence electrons. The molecule has 0 aromatic rings. The molecule has 0 aromatic carbocycles. The van der Waals surface area contributed by atoms with Gasteiger partial charge in [0.1, 0.15) is 0 Å². The number of rotatable bonds is 7. The monoisotopic (exact) mass is 224 g/mol. The Bertz CT molecular complexity index is 208. The topological polar surface area (TPSA) is 0 Å². The number of hydrogen-bond donors (Lipinski definition) is 0. The Morgan fingerprint density at radius 2 is 1.44 bits per heavy atom. The highest BCUT2D eigenvalue weighted by Crippen LogP contribution is 2.42. The van der Waals surface area contributed by atoms with Crippen molar-refractivity contribution in [3.05, 3.63) is 12.2 Å². The smallest absolute Gasteiger partial charge is 0.0144 e. The molecule has 0 heteroatoms. The summed E-state index contributed by atoms with van der Waals surface area (Å²) in [6, 6.07) is 0. The number of allylic oxidation sites excluding steroid dienone is 2. The molecule has 0 fully saturated rings. The summed E-state index contributed by atoms with van der Waals surface area (Å²) in [7, 11) is 0. The Morgan fingerprint density at radius 3 is 1.75 bits per heavy atom. The van der Waals surface area contributed by atoms with E-state index in [2.05, 4.69) is 60.6 Å². The second-order valence-corrected chi connectivity index (χ2v) is 6.31. The van der Waals surface area contributed by atoms with E-state index in [1.54, 1.807) is 0 Å². The van der Waals surface area contributed by atoms with E-state index in [-0.39, 0.29) is 0 Å². The molecule has 0 saturated heterocycles. The maximum Gasteiger partial charge on any atom is -0.0144 e. The van der Waals surface area contributed by atoms with E-state index in [1.807, 2.05) is 0 Å². The molecule has 0 aliphatic heterocycles. The maximum absolute atomic E-state index is 2.46. The molecule has 1 atom stereocenters. The van der Waals surface area contributed by atoms with E-state index in [4.69, 9.17) is 0 Å². The average molecular weight is 224 g/mol. The minimum absolute atomic E-state index is 0.380. The average Bonchev–Trinajstić information content (AvgIpc) is 2.26. The lowest BCUT2D eigenvalue weighted by Crippen LogP contribution is -2.25. The zero-order valence-corrected chi connectivity index (χ0v) is 12.6. The molecule has 0 bridgehead atoms. The van der Waals surface area contributed by atoms with E-state index >= 15 is 0 Å². The Labute approximate surface area is 104 Å². The van der Waals surface area contributed by atoms with Gasteiger partial charge in [-0.15, -0.1) is 0 Å². The van der Waals surface area contributed by atoms with Gasteiger partial charge in [-0.1, -0.05) is 73.5 Å². The fraction of sp³-hybridized carbons (Fsp3) is 0.875. The van der Waals surface area contributed by atoms with Gasteiger partial charge in [-0.05, 0) is 29.6 Å². The molecule has 0 spiro atoms. The lowest BCUT2D eigenvalue weighted by molar-refractivity contribution is 0.180. The zero-order chi connectivity index (χ0) is 12.8. The lowest BCUT2D eigenvalue weighted by atomic mass is 9.69. The Morgan fingerprint density at radius 1 is 0.938 bits per heavy atom. The van der Waals surface area contributed by atoms with Crippen LogP contribution in [0, 0.1) is 16.7 Å². The van der Waals surface area contributed by atoms with Crippen molar-refractivity contribution in [1.82, 2.24) is 0 Å². The van der Waals surface area contributed by atoms with Crippen molar-refractivity contribution in [3.63, 3.8) is 0 Å². The molecule has 0 aromatic heterocycles. The van der Waals surface area contributed by atoms with Gasteiger partial charge in [0.15, 0.2) is 0 Å². The van der Waals surface area contributed by atoms with Gasteiger partial charge in [0.05, 0.1) is 0 Å². The molecule has 0 nitrogen and oxygen atoms in total. The van der Waals surface area contributed by atoms with Crippen LogP contribution in [0.2, 0.25) is 0 Å². The van der Waals surface area contributed by atoms with Crippen molar-refractivity contribution in [2.24, 2.45) is 16.7 Å². The first kappa shape index (κ1) is 15.7. The van der Waals surface area contributed by atoms with E-state index in [0.717, 1.165) is 0 Å². The first-order valence-electron chi connectivity index (χ1n) is 7.00. The van der Waals surface area contributed by atoms with Gasteiger partial charge >= 0.3 is 0 Å². The van der Waals surface area contributed by atoms with E-state index in [0.29, 0.717) is 16.7 Å². The highest BCUT2D eigenvalue weighted by molar-refractivity contribution is 5.00. The number of hydrogen-bond acceptors (Lipinski definition) is 0. The van der Waals surface area contributed by atoms with Crippen LogP contribution in [0.4, 0.5) is 0 Å². The van der Waals surface area contributed by atoms with Crippen LogP contribution in [0.5, 0.6) is 0 Å². The van der Waals surface area contributed by atoms with Crippen LogP contribution in [0.25, 0.3) is 0 Å². The molecule has 0 aliphatic carbocycles. The third kappa shape index (κ3) is 5.18. The standard InChI is InChI=1S/C16H32/c1-8-15(6,9-2)13-16(7,10-3)12-11-14(4)5/h11-12,14H,8-10,13H2,1-7H3. The predicted octanol–water partition coefficient (Wildman–Crippen LogP) is 5.83. The summed E-state index contributed by atoms with van der Waals surface area (Å²) >= 11 is 0. The largest absolute Gasteiger partial charge is 0.0854 e. The first-order chi connectivity index (χ1) is 7.31. The SMILES string of the molecule is CCC(C)(C=CC(C)C)CC(C)(CC)CC. The molecule has 0 saturated carbocycles. The van der Waals surface area contributed by atoms with Gasteiger partial charge in [0.2, 0.25) is 0 Å². The Balaban J connectivity index is 4.71. The minimum atomic E-state index is 0.380. The lowest BCUT2D eigenvalue weighted by Gasteiger charge is -2.37. The maximum atomic E-state index is 2.46. The molecule has 0 amide bonds. The first-order valence-corrected chi connectivity index (χ1v) is 7.00. The third-order valence-corrected chi connectivity index (χ3v) is 4.23. The highest BCUT2D eigenvalue weighted by Gasteiger charge is 2.30. The fourth-order valence-electron chi connectivity index (χ4n) is 2.20.